The minimum atomic E-state index is -0.170. The van der Waals surface area contributed by atoms with Crippen molar-refractivity contribution in [2.24, 2.45) is 0 Å². The van der Waals surface area contributed by atoms with Crippen molar-refractivity contribution >= 4 is 45.7 Å². The van der Waals surface area contributed by atoms with Crippen molar-refractivity contribution in [3.63, 3.8) is 0 Å². The van der Waals surface area contributed by atoms with Gasteiger partial charge in [0.2, 0.25) is 11.7 Å². The van der Waals surface area contributed by atoms with Crippen LogP contribution < -0.4 is 5.32 Å². The van der Waals surface area contributed by atoms with Crippen LogP contribution >= 0.6 is 34.7 Å². The minimum absolute atomic E-state index is 0.149. The van der Waals surface area contributed by atoms with Crippen LogP contribution in [0.5, 0.6) is 0 Å². The molecule has 7 nitrogen and oxygen atoms in total. The van der Waals surface area contributed by atoms with Gasteiger partial charge < -0.3 is 9.73 Å². The Labute approximate surface area is 215 Å². The first-order valence-electron chi connectivity index (χ1n) is 10.7. The zero-order valence-corrected chi connectivity index (χ0v) is 21.0. The molecule has 0 bridgehead atoms. The van der Waals surface area contributed by atoms with E-state index in [2.05, 4.69) is 45.6 Å². The second kappa shape index (κ2) is 10.5. The van der Waals surface area contributed by atoms with Crippen LogP contribution in [0, 0.1) is 6.92 Å². The van der Waals surface area contributed by atoms with Gasteiger partial charge in [-0.3, -0.25) is 9.36 Å². The predicted octanol–water partition coefficient (Wildman–Crippen LogP) is 6.27. The third kappa shape index (κ3) is 5.64. The number of rotatable bonds is 8. The van der Waals surface area contributed by atoms with Crippen molar-refractivity contribution in [3.8, 4) is 17.3 Å². The van der Waals surface area contributed by atoms with Crippen molar-refractivity contribution < 1.29 is 9.21 Å². The first-order valence-corrected chi connectivity index (χ1v) is 12.9. The number of thiazole rings is 1. The Morgan fingerprint density at radius 1 is 1.14 bits per heavy atom. The van der Waals surface area contributed by atoms with Gasteiger partial charge in [-0.2, -0.15) is 0 Å². The Bertz CT molecular complexity index is 1450. The van der Waals surface area contributed by atoms with E-state index in [0.717, 1.165) is 17.0 Å². The van der Waals surface area contributed by atoms with E-state index in [4.69, 9.17) is 16.0 Å². The van der Waals surface area contributed by atoms with Gasteiger partial charge in [0.1, 0.15) is 0 Å². The molecule has 176 valence electrons. The van der Waals surface area contributed by atoms with Crippen molar-refractivity contribution in [2.45, 2.75) is 18.5 Å². The SMILES string of the molecule is Cc1cccc(Cc2cnc(NC(=O)CSc3nnc(-c4ccco4)n3-c3ccc(Cl)cc3)s2)c1. The summed E-state index contributed by atoms with van der Waals surface area (Å²) in [7, 11) is 0. The summed E-state index contributed by atoms with van der Waals surface area (Å²) >= 11 is 8.82. The maximum absolute atomic E-state index is 12.7. The van der Waals surface area contributed by atoms with E-state index in [1.807, 2.05) is 35.0 Å². The second-order valence-electron chi connectivity index (χ2n) is 7.73. The molecule has 0 saturated carbocycles. The van der Waals surface area contributed by atoms with Gasteiger partial charge in [-0.05, 0) is 48.9 Å². The standard InChI is InChI=1S/C25H20ClN5O2S2/c1-16-4-2-5-17(12-16)13-20-14-27-24(35-20)28-22(32)15-34-25-30-29-23(21-6-3-11-33-21)31(25)19-9-7-18(26)8-10-19/h2-12,14H,13,15H2,1H3,(H,27,28,32). The molecule has 0 fully saturated rings. The zero-order valence-electron chi connectivity index (χ0n) is 18.6. The number of nitrogens with zero attached hydrogens (tertiary/aromatic N) is 4. The molecule has 10 heteroatoms. The molecule has 0 spiro atoms. The number of aromatic nitrogens is 4. The molecule has 0 unspecified atom stereocenters. The number of carbonyl (C=O) groups is 1. The molecule has 3 heterocycles. The Morgan fingerprint density at radius 3 is 2.77 bits per heavy atom. The summed E-state index contributed by atoms with van der Waals surface area (Å²) in [5.74, 6) is 1.10. The van der Waals surface area contributed by atoms with E-state index < -0.39 is 0 Å². The van der Waals surface area contributed by atoms with Crippen LogP contribution in [0.4, 0.5) is 5.13 Å². The molecule has 5 aromatic rings. The summed E-state index contributed by atoms with van der Waals surface area (Å²) in [4.78, 5) is 18.1. The van der Waals surface area contributed by atoms with Gasteiger partial charge in [0, 0.05) is 28.2 Å². The summed E-state index contributed by atoms with van der Waals surface area (Å²) in [6, 6.07) is 19.3. The highest BCUT2D eigenvalue weighted by atomic mass is 35.5. The van der Waals surface area contributed by atoms with Crippen molar-refractivity contribution in [2.75, 3.05) is 11.1 Å². The number of carbonyl (C=O) groups excluding carboxylic acids is 1. The van der Waals surface area contributed by atoms with Crippen molar-refractivity contribution in [1.82, 2.24) is 19.7 Å². The van der Waals surface area contributed by atoms with E-state index in [1.165, 1.54) is 34.2 Å². The third-order valence-electron chi connectivity index (χ3n) is 5.05. The molecule has 1 N–H and O–H groups in total. The summed E-state index contributed by atoms with van der Waals surface area (Å²) in [5.41, 5.74) is 3.25. The number of benzene rings is 2. The first kappa shape index (κ1) is 23.3. The lowest BCUT2D eigenvalue weighted by molar-refractivity contribution is -0.113. The van der Waals surface area contributed by atoms with Crippen LogP contribution in [0.3, 0.4) is 0 Å². The van der Waals surface area contributed by atoms with Crippen molar-refractivity contribution in [3.05, 3.63) is 94.2 Å². The minimum Gasteiger partial charge on any atom is -0.461 e. The molecular formula is C25H20ClN5O2S2. The molecule has 0 atom stereocenters. The molecule has 5 rings (SSSR count). The van der Waals surface area contributed by atoms with Crippen molar-refractivity contribution in [1.29, 1.82) is 0 Å². The molecule has 0 aliphatic carbocycles. The average molecular weight is 522 g/mol. The van der Waals surface area contributed by atoms with Gasteiger partial charge in [-0.15, -0.1) is 21.5 Å². The molecule has 0 aliphatic heterocycles. The topological polar surface area (TPSA) is 85.8 Å². The first-order chi connectivity index (χ1) is 17.0. The van der Waals surface area contributed by atoms with E-state index in [-0.39, 0.29) is 11.7 Å². The lowest BCUT2D eigenvalue weighted by Crippen LogP contribution is -2.14. The maximum Gasteiger partial charge on any atom is 0.236 e. The van der Waals surface area contributed by atoms with Crippen LogP contribution in [-0.2, 0) is 11.2 Å². The largest absolute Gasteiger partial charge is 0.461 e. The number of anilines is 1. The fourth-order valence-electron chi connectivity index (χ4n) is 3.51. The number of aryl methyl sites for hydroxylation is 1. The summed E-state index contributed by atoms with van der Waals surface area (Å²) in [6.07, 6.45) is 4.17. The fraction of sp³-hybridized carbons (Fsp3) is 0.120. The van der Waals surface area contributed by atoms with E-state index in [9.17, 15) is 4.79 Å². The highest BCUT2D eigenvalue weighted by molar-refractivity contribution is 7.99. The number of furan rings is 1. The number of nitrogens with one attached hydrogen (secondary N) is 1. The highest BCUT2D eigenvalue weighted by Gasteiger charge is 2.19. The van der Waals surface area contributed by atoms with Gasteiger partial charge in [-0.1, -0.05) is 53.2 Å². The molecular weight excluding hydrogens is 502 g/mol. The van der Waals surface area contributed by atoms with E-state index in [1.54, 1.807) is 24.5 Å². The quantitative estimate of drug-likeness (QED) is 0.242. The smallest absolute Gasteiger partial charge is 0.236 e. The van der Waals surface area contributed by atoms with E-state index >= 15 is 0 Å². The Balaban J connectivity index is 1.27. The molecule has 0 saturated heterocycles. The number of halogens is 1. The Morgan fingerprint density at radius 2 is 2.00 bits per heavy atom. The van der Waals surface area contributed by atoms with Gasteiger partial charge in [-0.25, -0.2) is 4.98 Å². The van der Waals surface area contributed by atoms with E-state index in [0.29, 0.717) is 26.9 Å². The Kier molecular flexibility index (Phi) is 6.98. The van der Waals surface area contributed by atoms with Gasteiger partial charge in [0.05, 0.1) is 12.0 Å². The van der Waals surface area contributed by atoms with Crippen LogP contribution in [0.1, 0.15) is 16.0 Å². The molecule has 35 heavy (non-hydrogen) atoms. The lowest BCUT2D eigenvalue weighted by Gasteiger charge is -2.09. The highest BCUT2D eigenvalue weighted by Crippen LogP contribution is 2.29. The van der Waals surface area contributed by atoms with Crippen LogP contribution in [0.2, 0.25) is 5.02 Å². The fourth-order valence-corrected chi connectivity index (χ4v) is 5.25. The second-order valence-corrected chi connectivity index (χ2v) is 10.2. The molecule has 0 radical (unpaired) electrons. The zero-order chi connectivity index (χ0) is 24.2. The Hall–Kier alpha value is -3.40. The number of thioether (sulfide) groups is 1. The number of amides is 1. The number of hydrogen-bond donors (Lipinski definition) is 1. The predicted molar refractivity (Wildman–Crippen MR) is 140 cm³/mol. The monoisotopic (exact) mass is 521 g/mol. The normalized spacial score (nSPS) is 11.0. The summed E-state index contributed by atoms with van der Waals surface area (Å²) in [6.45, 7) is 2.07. The van der Waals surface area contributed by atoms with Crippen LogP contribution in [-0.4, -0.2) is 31.4 Å². The lowest BCUT2D eigenvalue weighted by atomic mass is 10.1. The molecule has 3 aromatic heterocycles. The molecule has 2 aromatic carbocycles. The van der Waals surface area contributed by atoms with Crippen LogP contribution in [0.15, 0.2) is 82.7 Å². The van der Waals surface area contributed by atoms with Gasteiger partial charge in [0.25, 0.3) is 0 Å². The average Bonchev–Trinajstić information content (AvgIpc) is 3.60. The summed E-state index contributed by atoms with van der Waals surface area (Å²) < 4.78 is 7.37. The number of hydrogen-bond acceptors (Lipinski definition) is 7. The van der Waals surface area contributed by atoms with Gasteiger partial charge in [0.15, 0.2) is 16.0 Å². The van der Waals surface area contributed by atoms with Gasteiger partial charge >= 0.3 is 0 Å². The molecule has 0 aliphatic rings. The maximum atomic E-state index is 12.7. The van der Waals surface area contributed by atoms with Crippen LogP contribution in [0.25, 0.3) is 17.3 Å². The summed E-state index contributed by atoms with van der Waals surface area (Å²) in [5, 5.41) is 13.2. The third-order valence-corrected chi connectivity index (χ3v) is 7.15. The molecule has 1 amide bonds.